The van der Waals surface area contributed by atoms with Gasteiger partial charge in [0.25, 0.3) is 0 Å². The molecule has 1 aromatic rings. The van der Waals surface area contributed by atoms with Gasteiger partial charge in [0.05, 0.1) is 11.4 Å². The molecule has 0 amide bonds. The van der Waals surface area contributed by atoms with E-state index < -0.39 is 0 Å². The fourth-order valence-corrected chi connectivity index (χ4v) is 2.47. The van der Waals surface area contributed by atoms with Gasteiger partial charge in [0.15, 0.2) is 0 Å². The number of hydrogen-bond acceptors (Lipinski definition) is 3. The number of hydrogen-bond donors (Lipinski definition) is 2. The van der Waals surface area contributed by atoms with Crippen molar-refractivity contribution < 1.29 is 0 Å². The zero-order valence-electron chi connectivity index (χ0n) is 11.3. The molecule has 1 aromatic carbocycles. The summed E-state index contributed by atoms with van der Waals surface area (Å²) in [6.07, 6.45) is 2.44. The molecule has 1 atom stereocenters. The highest BCUT2D eigenvalue weighted by Crippen LogP contribution is 2.33. The fraction of sp³-hybridized carbons (Fsp3) is 0.571. The molecule has 0 aromatic heterocycles. The van der Waals surface area contributed by atoms with Crippen LogP contribution in [0.2, 0.25) is 0 Å². The van der Waals surface area contributed by atoms with Crippen LogP contribution in [0, 0.1) is 6.92 Å². The van der Waals surface area contributed by atoms with Crippen LogP contribution in [0.5, 0.6) is 0 Å². The molecule has 0 aliphatic carbocycles. The molecule has 1 aliphatic rings. The number of anilines is 3. The zero-order valence-corrected chi connectivity index (χ0v) is 11.3. The number of nitrogens with one attached hydrogen (secondary N) is 2. The summed E-state index contributed by atoms with van der Waals surface area (Å²) in [4.78, 5) is 2.17. The Labute approximate surface area is 104 Å². The predicted octanol–water partition coefficient (Wildman–Crippen LogP) is 3.07. The normalized spacial score (nSPS) is 18.0. The van der Waals surface area contributed by atoms with Crippen molar-refractivity contribution in [2.24, 2.45) is 0 Å². The Morgan fingerprint density at radius 1 is 1.29 bits per heavy atom. The van der Waals surface area contributed by atoms with Gasteiger partial charge in [-0.3, -0.25) is 0 Å². The van der Waals surface area contributed by atoms with E-state index >= 15 is 0 Å². The summed E-state index contributed by atoms with van der Waals surface area (Å²) in [5.41, 5.74) is 5.08. The molecule has 0 radical (unpaired) electrons. The summed E-state index contributed by atoms with van der Waals surface area (Å²) in [6, 6.07) is 5.05. The van der Waals surface area contributed by atoms with Crippen molar-refractivity contribution in [3.05, 3.63) is 17.7 Å². The van der Waals surface area contributed by atoms with Crippen molar-refractivity contribution in [3.63, 3.8) is 0 Å². The average Bonchev–Trinajstić information content (AvgIpc) is 2.28. The summed E-state index contributed by atoms with van der Waals surface area (Å²) in [5, 5.41) is 7.15. The second-order valence-electron chi connectivity index (χ2n) is 5.09. The molecule has 0 saturated carbocycles. The average molecular weight is 233 g/mol. The quantitative estimate of drug-likeness (QED) is 0.840. The molecule has 3 heteroatoms. The molecule has 3 nitrogen and oxygen atoms in total. The molecule has 0 bridgehead atoms. The van der Waals surface area contributed by atoms with Gasteiger partial charge in [0.1, 0.15) is 0 Å². The van der Waals surface area contributed by atoms with Gasteiger partial charge in [-0.25, -0.2) is 0 Å². The molecule has 2 rings (SSSR count). The highest BCUT2D eigenvalue weighted by atomic mass is 15.1. The SMILES string of the molecule is CCCC1CNc2cc(C)c(N(C)C)cc2N1. The van der Waals surface area contributed by atoms with Gasteiger partial charge in [0, 0.05) is 32.4 Å². The van der Waals surface area contributed by atoms with E-state index in [0.29, 0.717) is 6.04 Å². The largest absolute Gasteiger partial charge is 0.381 e. The molecule has 1 heterocycles. The lowest BCUT2D eigenvalue weighted by molar-refractivity contribution is 0.655. The van der Waals surface area contributed by atoms with Gasteiger partial charge in [0.2, 0.25) is 0 Å². The van der Waals surface area contributed by atoms with Crippen molar-refractivity contribution in [3.8, 4) is 0 Å². The molecule has 94 valence electrons. The molecular weight excluding hydrogens is 210 g/mol. The Balaban J connectivity index is 2.27. The van der Waals surface area contributed by atoms with E-state index in [2.05, 4.69) is 55.6 Å². The lowest BCUT2D eigenvalue weighted by atomic mass is 10.0. The minimum Gasteiger partial charge on any atom is -0.381 e. The Kier molecular flexibility index (Phi) is 3.46. The molecule has 2 N–H and O–H groups in total. The fourth-order valence-electron chi connectivity index (χ4n) is 2.47. The van der Waals surface area contributed by atoms with Gasteiger partial charge in [-0.2, -0.15) is 0 Å². The van der Waals surface area contributed by atoms with Gasteiger partial charge >= 0.3 is 0 Å². The molecule has 0 saturated heterocycles. The molecule has 1 unspecified atom stereocenters. The number of aryl methyl sites for hydroxylation is 1. The minimum absolute atomic E-state index is 0.560. The first kappa shape index (κ1) is 12.1. The number of nitrogens with zero attached hydrogens (tertiary/aromatic N) is 1. The monoisotopic (exact) mass is 233 g/mol. The van der Waals surface area contributed by atoms with E-state index in [1.165, 1.54) is 35.5 Å². The van der Waals surface area contributed by atoms with E-state index in [-0.39, 0.29) is 0 Å². The lowest BCUT2D eigenvalue weighted by Crippen LogP contribution is -2.33. The molecule has 0 spiro atoms. The second-order valence-corrected chi connectivity index (χ2v) is 5.09. The Morgan fingerprint density at radius 3 is 2.71 bits per heavy atom. The summed E-state index contributed by atoms with van der Waals surface area (Å²) >= 11 is 0. The van der Waals surface area contributed by atoms with E-state index in [1.807, 2.05) is 0 Å². The first-order chi connectivity index (χ1) is 8.11. The molecule has 17 heavy (non-hydrogen) atoms. The standard InChI is InChI=1S/C14H23N3/c1-5-6-11-9-15-12-7-10(2)14(17(3)4)8-13(12)16-11/h7-8,11,15-16H,5-6,9H2,1-4H3. The van der Waals surface area contributed by atoms with Gasteiger partial charge in [-0.1, -0.05) is 13.3 Å². The van der Waals surface area contributed by atoms with Crippen molar-refractivity contribution in [1.82, 2.24) is 0 Å². The minimum atomic E-state index is 0.560. The van der Waals surface area contributed by atoms with Gasteiger partial charge in [-0.15, -0.1) is 0 Å². The highest BCUT2D eigenvalue weighted by molar-refractivity contribution is 5.78. The third-order valence-corrected chi connectivity index (χ3v) is 3.35. The third kappa shape index (κ3) is 2.48. The van der Waals surface area contributed by atoms with Crippen molar-refractivity contribution in [1.29, 1.82) is 0 Å². The van der Waals surface area contributed by atoms with Crippen LogP contribution >= 0.6 is 0 Å². The number of rotatable bonds is 3. The van der Waals surface area contributed by atoms with Crippen LogP contribution in [-0.4, -0.2) is 26.7 Å². The Morgan fingerprint density at radius 2 is 2.06 bits per heavy atom. The smallest absolute Gasteiger partial charge is 0.0599 e. The first-order valence-electron chi connectivity index (χ1n) is 6.44. The van der Waals surface area contributed by atoms with E-state index in [1.54, 1.807) is 0 Å². The second kappa shape index (κ2) is 4.86. The Bertz CT molecular complexity index is 399. The van der Waals surface area contributed by atoms with Crippen molar-refractivity contribution in [2.75, 3.05) is 36.2 Å². The molecule has 0 fully saturated rings. The maximum atomic E-state index is 3.63. The maximum absolute atomic E-state index is 3.63. The Hall–Kier alpha value is -1.38. The van der Waals surface area contributed by atoms with Crippen LogP contribution < -0.4 is 15.5 Å². The van der Waals surface area contributed by atoms with Crippen molar-refractivity contribution in [2.45, 2.75) is 32.7 Å². The van der Waals surface area contributed by atoms with Crippen LogP contribution in [-0.2, 0) is 0 Å². The van der Waals surface area contributed by atoms with E-state index in [9.17, 15) is 0 Å². The van der Waals surface area contributed by atoms with Gasteiger partial charge < -0.3 is 15.5 Å². The summed E-state index contributed by atoms with van der Waals surface area (Å²) in [7, 11) is 4.18. The van der Waals surface area contributed by atoms with Crippen LogP contribution in [0.25, 0.3) is 0 Å². The highest BCUT2D eigenvalue weighted by Gasteiger charge is 2.17. The molecule has 1 aliphatic heterocycles. The number of fused-ring (bicyclic) bond motifs is 1. The van der Waals surface area contributed by atoms with Gasteiger partial charge in [-0.05, 0) is 31.0 Å². The zero-order chi connectivity index (χ0) is 12.4. The molecular formula is C14H23N3. The number of benzene rings is 1. The summed E-state index contributed by atoms with van der Waals surface area (Å²) in [5.74, 6) is 0. The van der Waals surface area contributed by atoms with Crippen LogP contribution in [0.4, 0.5) is 17.1 Å². The summed E-state index contributed by atoms with van der Waals surface area (Å²) in [6.45, 7) is 5.43. The predicted molar refractivity (Wildman–Crippen MR) is 76.3 cm³/mol. The lowest BCUT2D eigenvalue weighted by Gasteiger charge is -2.30. The van der Waals surface area contributed by atoms with E-state index in [4.69, 9.17) is 0 Å². The maximum Gasteiger partial charge on any atom is 0.0599 e. The summed E-state index contributed by atoms with van der Waals surface area (Å²) < 4.78 is 0. The van der Waals surface area contributed by atoms with Crippen LogP contribution in [0.3, 0.4) is 0 Å². The van der Waals surface area contributed by atoms with E-state index in [0.717, 1.165) is 6.54 Å². The van der Waals surface area contributed by atoms with Crippen LogP contribution in [0.15, 0.2) is 12.1 Å². The topological polar surface area (TPSA) is 27.3 Å². The van der Waals surface area contributed by atoms with Crippen LogP contribution in [0.1, 0.15) is 25.3 Å². The third-order valence-electron chi connectivity index (χ3n) is 3.35. The first-order valence-corrected chi connectivity index (χ1v) is 6.44. The van der Waals surface area contributed by atoms with Crippen molar-refractivity contribution >= 4 is 17.1 Å².